The predicted octanol–water partition coefficient (Wildman–Crippen LogP) is 17.9. The zero-order valence-electron chi connectivity index (χ0n) is 55.4. The van der Waals surface area contributed by atoms with Crippen molar-refractivity contribution in [2.45, 2.75) is 403 Å². The van der Waals surface area contributed by atoms with E-state index in [1.165, 1.54) is 257 Å². The summed E-state index contributed by atoms with van der Waals surface area (Å²) in [5.74, 6) is -0.710. The molecule has 8 N–H and O–H groups in total. The molecule has 9 unspecified atom stereocenters. The first-order valence-electron chi connectivity index (χ1n) is 36.5. The molecule has 11 nitrogen and oxygen atoms in total. The van der Waals surface area contributed by atoms with Gasteiger partial charge in [0.25, 0.3) is 0 Å². The van der Waals surface area contributed by atoms with Gasteiger partial charge in [0, 0.05) is 0 Å². The molecular formula is C74H139NO10. The molecule has 0 aromatic rings. The molecule has 1 saturated heterocycles. The van der Waals surface area contributed by atoms with E-state index in [9.17, 15) is 40.5 Å². The van der Waals surface area contributed by atoms with E-state index in [-0.39, 0.29) is 12.8 Å². The Balaban J connectivity index is 2.23. The Morgan fingerprint density at radius 2 is 0.706 bits per heavy atom. The largest absolute Gasteiger partial charge is 0.394 e. The van der Waals surface area contributed by atoms with E-state index in [1.54, 1.807) is 0 Å². The number of amides is 1. The summed E-state index contributed by atoms with van der Waals surface area (Å²) in [7, 11) is 0. The Kier molecular flexibility index (Phi) is 59.4. The highest BCUT2D eigenvalue weighted by Gasteiger charge is 2.44. The second-order valence-corrected chi connectivity index (χ2v) is 25.6. The van der Waals surface area contributed by atoms with Crippen LogP contribution in [0.5, 0.6) is 0 Å². The molecule has 1 amide bonds. The lowest BCUT2D eigenvalue weighted by atomic mass is 9.98. The van der Waals surface area contributed by atoms with E-state index < -0.39 is 74.2 Å². The second-order valence-electron chi connectivity index (χ2n) is 25.6. The summed E-state index contributed by atoms with van der Waals surface area (Å²) in [5, 5.41) is 76.5. The van der Waals surface area contributed by atoms with Crippen molar-refractivity contribution in [2.24, 2.45) is 0 Å². The lowest BCUT2D eigenvalue weighted by molar-refractivity contribution is -0.303. The van der Waals surface area contributed by atoms with Gasteiger partial charge in [0.05, 0.1) is 25.4 Å². The third-order valence-electron chi connectivity index (χ3n) is 17.6. The molecule has 500 valence electrons. The highest BCUT2D eigenvalue weighted by atomic mass is 16.7. The number of allylic oxidation sites excluding steroid dienone is 8. The zero-order valence-corrected chi connectivity index (χ0v) is 55.4. The minimum Gasteiger partial charge on any atom is -0.394 e. The van der Waals surface area contributed by atoms with E-state index in [2.05, 4.69) is 67.8 Å². The van der Waals surface area contributed by atoms with Crippen molar-refractivity contribution < 1.29 is 50.0 Å². The summed E-state index contributed by atoms with van der Waals surface area (Å²) in [6.07, 6.45) is 70.6. The van der Waals surface area contributed by atoms with E-state index in [1.807, 2.05) is 0 Å². The monoisotopic (exact) mass is 1200 g/mol. The van der Waals surface area contributed by atoms with Gasteiger partial charge in [-0.3, -0.25) is 4.79 Å². The fourth-order valence-corrected chi connectivity index (χ4v) is 11.7. The number of hydrogen-bond donors (Lipinski definition) is 8. The van der Waals surface area contributed by atoms with Gasteiger partial charge in [-0.15, -0.1) is 0 Å². The smallest absolute Gasteiger partial charge is 0.249 e. The molecule has 1 heterocycles. The number of rotatable bonds is 64. The first-order valence-corrected chi connectivity index (χ1v) is 36.5. The second kappa shape index (κ2) is 62.3. The molecule has 1 aliphatic rings. The quantitative estimate of drug-likeness (QED) is 0.0215. The van der Waals surface area contributed by atoms with Crippen LogP contribution in [0.25, 0.3) is 0 Å². The number of nitrogens with one attached hydrogen (secondary N) is 1. The fourth-order valence-electron chi connectivity index (χ4n) is 11.7. The van der Waals surface area contributed by atoms with Crippen LogP contribution in [0.1, 0.15) is 348 Å². The van der Waals surface area contributed by atoms with Gasteiger partial charge in [-0.1, -0.05) is 306 Å². The van der Waals surface area contributed by atoms with Gasteiger partial charge >= 0.3 is 0 Å². The molecule has 0 radical (unpaired) electrons. The summed E-state index contributed by atoms with van der Waals surface area (Å²) in [4.78, 5) is 13.3. The van der Waals surface area contributed by atoms with Gasteiger partial charge in [0.2, 0.25) is 5.91 Å². The summed E-state index contributed by atoms with van der Waals surface area (Å²) in [6.45, 7) is 3.49. The maximum absolute atomic E-state index is 13.3. The van der Waals surface area contributed by atoms with Gasteiger partial charge in [-0.2, -0.15) is 0 Å². The zero-order chi connectivity index (χ0) is 61.7. The molecule has 0 saturated carbocycles. The fraction of sp³-hybridized carbons (Fsp3) is 0.878. The van der Waals surface area contributed by atoms with Crippen LogP contribution in [0.3, 0.4) is 0 Å². The molecule has 0 aliphatic carbocycles. The molecule has 0 aromatic carbocycles. The van der Waals surface area contributed by atoms with Crippen LogP contribution >= 0.6 is 0 Å². The van der Waals surface area contributed by atoms with E-state index in [4.69, 9.17) is 9.47 Å². The number of carbonyl (C=O) groups is 1. The van der Waals surface area contributed by atoms with Crippen molar-refractivity contribution in [3.63, 3.8) is 0 Å². The number of hydrogen-bond acceptors (Lipinski definition) is 10. The molecule has 0 bridgehead atoms. The molecule has 1 rings (SSSR count). The van der Waals surface area contributed by atoms with Crippen LogP contribution in [0.15, 0.2) is 48.6 Å². The molecule has 0 aromatic heterocycles. The standard InChI is InChI=1S/C74H139NO10/c1-3-5-7-9-11-13-15-17-19-21-23-25-27-29-31-32-33-34-35-36-38-39-41-43-45-47-49-51-53-55-57-59-61-66(77)69(79)65(64-84-74-72(82)71(81)70(80)68(63-76)85-74)75-73(83)67(78)62-60-58-56-54-52-50-48-46-44-42-40-37-30-28-26-24-22-20-18-16-14-12-10-8-6-4-2/h30,37-39,45,47,53,55,65-72,74,76-82H,3-29,31-36,40-44,46,48-52,54,56-64H2,1-2H3,(H,75,83)/b37-30-,39-38+,47-45+,55-53+. The third-order valence-corrected chi connectivity index (χ3v) is 17.6. The Morgan fingerprint density at radius 3 is 1.05 bits per heavy atom. The molecular weight excluding hydrogens is 1060 g/mol. The average molecular weight is 1200 g/mol. The van der Waals surface area contributed by atoms with Gasteiger partial charge in [0.15, 0.2) is 6.29 Å². The molecule has 9 atom stereocenters. The topological polar surface area (TPSA) is 189 Å². The minimum atomic E-state index is -1.68. The number of unbranched alkanes of at least 4 members (excludes halogenated alkanes) is 44. The molecule has 1 fully saturated rings. The highest BCUT2D eigenvalue weighted by Crippen LogP contribution is 2.24. The predicted molar refractivity (Wildman–Crippen MR) is 358 cm³/mol. The lowest BCUT2D eigenvalue weighted by Gasteiger charge is -2.40. The first-order chi connectivity index (χ1) is 41.7. The number of ether oxygens (including phenoxy) is 2. The summed E-state index contributed by atoms with van der Waals surface area (Å²) >= 11 is 0. The Hall–Kier alpha value is -1.93. The SMILES string of the molecule is CCCCCCCCCCCCCC/C=C\CCCCCCCCCCCCC(O)C(=O)NC(COC1OC(CO)C(O)C(O)C1O)C(O)C(O)CCC/C=C/CC/C=C/CC/C=C/CCCCCCCCCCCCCCCCCCCCC. The van der Waals surface area contributed by atoms with Crippen LogP contribution in [0.2, 0.25) is 0 Å². The third kappa shape index (κ3) is 49.5. The number of carbonyl (C=O) groups excluding carboxylic acids is 1. The number of aliphatic hydroxyl groups is 7. The van der Waals surface area contributed by atoms with Crippen LogP contribution in [-0.4, -0.2) is 110 Å². The van der Waals surface area contributed by atoms with Crippen LogP contribution in [-0.2, 0) is 14.3 Å². The molecule has 11 heteroatoms. The Morgan fingerprint density at radius 1 is 0.400 bits per heavy atom. The lowest BCUT2D eigenvalue weighted by Crippen LogP contribution is -2.60. The van der Waals surface area contributed by atoms with Crippen molar-refractivity contribution in [1.29, 1.82) is 0 Å². The van der Waals surface area contributed by atoms with E-state index >= 15 is 0 Å². The van der Waals surface area contributed by atoms with Crippen molar-refractivity contribution in [2.75, 3.05) is 13.2 Å². The van der Waals surface area contributed by atoms with E-state index in [0.29, 0.717) is 19.3 Å². The van der Waals surface area contributed by atoms with Crippen LogP contribution < -0.4 is 5.32 Å². The van der Waals surface area contributed by atoms with E-state index in [0.717, 1.165) is 44.9 Å². The van der Waals surface area contributed by atoms with Crippen molar-refractivity contribution in [3.05, 3.63) is 48.6 Å². The summed E-state index contributed by atoms with van der Waals surface area (Å²) < 4.78 is 11.2. The Bertz CT molecular complexity index is 1520. The van der Waals surface area contributed by atoms with Crippen molar-refractivity contribution in [1.82, 2.24) is 5.32 Å². The highest BCUT2D eigenvalue weighted by molar-refractivity contribution is 5.80. The molecule has 0 spiro atoms. The van der Waals surface area contributed by atoms with Crippen molar-refractivity contribution in [3.8, 4) is 0 Å². The van der Waals surface area contributed by atoms with Crippen LogP contribution in [0, 0.1) is 0 Å². The maximum Gasteiger partial charge on any atom is 0.249 e. The van der Waals surface area contributed by atoms with Gasteiger partial charge in [-0.05, 0) is 89.9 Å². The Labute approximate surface area is 523 Å². The number of aliphatic hydroxyl groups excluding tert-OH is 7. The average Bonchev–Trinajstić information content (AvgIpc) is 3.66. The molecule has 1 aliphatic heterocycles. The summed E-state index contributed by atoms with van der Waals surface area (Å²) in [5.41, 5.74) is 0. The first kappa shape index (κ1) is 81.1. The van der Waals surface area contributed by atoms with Crippen LogP contribution in [0.4, 0.5) is 0 Å². The molecule has 85 heavy (non-hydrogen) atoms. The summed E-state index contributed by atoms with van der Waals surface area (Å²) in [6, 6.07) is -1.20. The maximum atomic E-state index is 13.3. The van der Waals surface area contributed by atoms with Gasteiger partial charge in [0.1, 0.15) is 36.6 Å². The van der Waals surface area contributed by atoms with Gasteiger partial charge < -0.3 is 50.5 Å². The van der Waals surface area contributed by atoms with Gasteiger partial charge in [-0.25, -0.2) is 0 Å². The van der Waals surface area contributed by atoms with Crippen molar-refractivity contribution >= 4 is 5.91 Å². The minimum absolute atomic E-state index is 0.241. The normalized spacial score (nSPS) is 19.1.